The molecule has 16 heavy (non-hydrogen) atoms. The second-order valence-corrected chi connectivity index (χ2v) is 4.35. The van der Waals surface area contributed by atoms with Crippen LogP contribution in [0.1, 0.15) is 24.0 Å². The Morgan fingerprint density at radius 3 is 2.31 bits per heavy atom. The molecule has 2 rings (SSSR count). The molecule has 0 unspecified atom stereocenters. The molecule has 0 aliphatic carbocycles. The fourth-order valence-electron chi connectivity index (χ4n) is 1.96. The molecule has 0 bridgehead atoms. The van der Waals surface area contributed by atoms with Crippen LogP contribution in [0, 0.1) is 6.92 Å². The number of piperidine rings is 1. The number of nitrogens with zero attached hydrogens (tertiary/aromatic N) is 1. The highest BCUT2D eigenvalue weighted by Crippen LogP contribution is 2.18. The van der Waals surface area contributed by atoms with E-state index in [2.05, 4.69) is 37.3 Å². The van der Waals surface area contributed by atoms with E-state index < -0.39 is 0 Å². The van der Waals surface area contributed by atoms with Crippen molar-refractivity contribution in [1.29, 1.82) is 0 Å². The van der Waals surface area contributed by atoms with Crippen molar-refractivity contribution >= 4 is 12.5 Å². The normalized spacial score (nSPS) is 16.1. The second kappa shape index (κ2) is 4.97. The van der Waals surface area contributed by atoms with Crippen molar-refractivity contribution in [2.45, 2.75) is 19.8 Å². The lowest BCUT2D eigenvalue weighted by Gasteiger charge is -2.24. The van der Waals surface area contributed by atoms with Crippen molar-refractivity contribution in [3.8, 4) is 0 Å². The van der Waals surface area contributed by atoms with Gasteiger partial charge in [-0.2, -0.15) is 0 Å². The first-order chi connectivity index (χ1) is 7.78. The highest BCUT2D eigenvalue weighted by atomic mass is 16.1. The minimum atomic E-state index is 0.862. The molecule has 1 aromatic rings. The van der Waals surface area contributed by atoms with Crippen molar-refractivity contribution in [2.75, 3.05) is 13.1 Å². The molecule has 0 radical (unpaired) electrons. The maximum Gasteiger partial charge on any atom is 0.209 e. The first kappa shape index (κ1) is 10.9. The Kier molecular flexibility index (Phi) is 3.40. The van der Waals surface area contributed by atoms with Gasteiger partial charge in [0.15, 0.2) is 0 Å². The molecule has 1 aliphatic heterocycles. The van der Waals surface area contributed by atoms with Crippen LogP contribution in [0.4, 0.5) is 0 Å². The first-order valence-electron chi connectivity index (χ1n) is 5.73. The molecule has 0 aromatic heterocycles. The van der Waals surface area contributed by atoms with Gasteiger partial charge in [0, 0.05) is 13.1 Å². The molecule has 1 aliphatic rings. The van der Waals surface area contributed by atoms with Crippen molar-refractivity contribution < 1.29 is 4.79 Å². The molecular weight excluding hydrogens is 198 g/mol. The SMILES string of the molecule is Cc1ccc(C=C2CCN(C=O)CC2)cc1. The first-order valence-corrected chi connectivity index (χ1v) is 5.73. The quantitative estimate of drug-likeness (QED) is 0.694. The predicted molar refractivity (Wildman–Crippen MR) is 66.0 cm³/mol. The average molecular weight is 215 g/mol. The molecule has 0 atom stereocenters. The third-order valence-electron chi connectivity index (χ3n) is 3.04. The van der Waals surface area contributed by atoms with Gasteiger partial charge in [-0.05, 0) is 25.3 Å². The number of aryl methyl sites for hydroxylation is 1. The van der Waals surface area contributed by atoms with Gasteiger partial charge in [-0.15, -0.1) is 0 Å². The molecular formula is C14H17NO. The van der Waals surface area contributed by atoms with Crippen LogP contribution in [0.5, 0.6) is 0 Å². The summed E-state index contributed by atoms with van der Waals surface area (Å²) in [6.07, 6.45) is 5.21. The summed E-state index contributed by atoms with van der Waals surface area (Å²) in [5.41, 5.74) is 4.00. The zero-order valence-corrected chi connectivity index (χ0v) is 9.65. The van der Waals surface area contributed by atoms with E-state index in [4.69, 9.17) is 0 Å². The van der Waals surface area contributed by atoms with Crippen LogP contribution >= 0.6 is 0 Å². The van der Waals surface area contributed by atoms with Crippen LogP contribution < -0.4 is 0 Å². The van der Waals surface area contributed by atoms with E-state index in [9.17, 15) is 4.79 Å². The number of carbonyl (C=O) groups is 1. The fraction of sp³-hybridized carbons (Fsp3) is 0.357. The van der Waals surface area contributed by atoms with E-state index in [0.29, 0.717) is 0 Å². The van der Waals surface area contributed by atoms with Crippen molar-refractivity contribution in [3.05, 3.63) is 41.0 Å². The van der Waals surface area contributed by atoms with E-state index >= 15 is 0 Å². The lowest BCUT2D eigenvalue weighted by molar-refractivity contribution is -0.118. The van der Waals surface area contributed by atoms with E-state index in [-0.39, 0.29) is 0 Å². The highest BCUT2D eigenvalue weighted by Gasteiger charge is 2.11. The summed E-state index contributed by atoms with van der Waals surface area (Å²) in [4.78, 5) is 12.4. The molecule has 84 valence electrons. The molecule has 2 heteroatoms. The topological polar surface area (TPSA) is 20.3 Å². The third kappa shape index (κ3) is 2.72. The highest BCUT2D eigenvalue weighted by molar-refractivity contribution is 5.54. The Hall–Kier alpha value is -1.57. The second-order valence-electron chi connectivity index (χ2n) is 4.35. The average Bonchev–Trinajstić information content (AvgIpc) is 2.33. The zero-order chi connectivity index (χ0) is 11.4. The van der Waals surface area contributed by atoms with Crippen molar-refractivity contribution in [3.63, 3.8) is 0 Å². The predicted octanol–water partition coefficient (Wildman–Crippen LogP) is 2.63. The summed E-state index contributed by atoms with van der Waals surface area (Å²) < 4.78 is 0. The Balaban J connectivity index is 2.03. The summed E-state index contributed by atoms with van der Waals surface area (Å²) in [5, 5.41) is 0. The molecule has 1 amide bonds. The van der Waals surface area contributed by atoms with Gasteiger partial charge in [-0.25, -0.2) is 0 Å². The standard InChI is InChI=1S/C14H17NO/c1-12-2-4-13(5-3-12)10-14-6-8-15(11-16)9-7-14/h2-5,10-11H,6-9H2,1H3. The molecule has 1 aromatic carbocycles. The molecule has 2 nitrogen and oxygen atoms in total. The molecule has 0 spiro atoms. The number of hydrogen-bond donors (Lipinski definition) is 0. The Labute approximate surface area is 96.6 Å². The molecule has 1 fully saturated rings. The van der Waals surface area contributed by atoms with Crippen LogP contribution in [0.3, 0.4) is 0 Å². The van der Waals surface area contributed by atoms with Gasteiger partial charge in [-0.1, -0.05) is 41.5 Å². The maximum absolute atomic E-state index is 10.6. The van der Waals surface area contributed by atoms with Crippen LogP contribution in [0.15, 0.2) is 29.8 Å². The summed E-state index contributed by atoms with van der Waals surface area (Å²) in [6, 6.07) is 8.56. The van der Waals surface area contributed by atoms with E-state index in [0.717, 1.165) is 32.3 Å². The maximum atomic E-state index is 10.6. The van der Waals surface area contributed by atoms with Crippen LogP contribution in [0.2, 0.25) is 0 Å². The summed E-state index contributed by atoms with van der Waals surface area (Å²) in [7, 11) is 0. The molecule has 0 N–H and O–H groups in total. The number of likely N-dealkylation sites (tertiary alicyclic amines) is 1. The third-order valence-corrected chi connectivity index (χ3v) is 3.04. The fourth-order valence-corrected chi connectivity index (χ4v) is 1.96. The summed E-state index contributed by atoms with van der Waals surface area (Å²) >= 11 is 0. The van der Waals surface area contributed by atoms with Gasteiger partial charge in [-0.3, -0.25) is 4.79 Å². The number of benzene rings is 1. The summed E-state index contributed by atoms with van der Waals surface area (Å²) in [6.45, 7) is 3.82. The van der Waals surface area contributed by atoms with Crippen molar-refractivity contribution in [1.82, 2.24) is 4.90 Å². The van der Waals surface area contributed by atoms with Gasteiger partial charge in [0.2, 0.25) is 6.41 Å². The summed E-state index contributed by atoms with van der Waals surface area (Å²) in [5.74, 6) is 0. The lowest BCUT2D eigenvalue weighted by atomic mass is 10.0. The van der Waals surface area contributed by atoms with E-state index in [1.165, 1.54) is 16.7 Å². The Morgan fingerprint density at radius 1 is 1.12 bits per heavy atom. The van der Waals surface area contributed by atoms with Gasteiger partial charge >= 0.3 is 0 Å². The van der Waals surface area contributed by atoms with Crippen LogP contribution in [-0.2, 0) is 4.79 Å². The molecule has 1 heterocycles. The zero-order valence-electron chi connectivity index (χ0n) is 9.65. The van der Waals surface area contributed by atoms with Gasteiger partial charge in [0.05, 0.1) is 0 Å². The largest absolute Gasteiger partial charge is 0.345 e. The number of carbonyl (C=O) groups excluding carboxylic acids is 1. The Morgan fingerprint density at radius 2 is 1.75 bits per heavy atom. The number of hydrogen-bond acceptors (Lipinski definition) is 1. The number of amides is 1. The van der Waals surface area contributed by atoms with E-state index in [1.807, 2.05) is 4.90 Å². The van der Waals surface area contributed by atoms with Crippen LogP contribution in [-0.4, -0.2) is 24.4 Å². The molecule has 1 saturated heterocycles. The monoisotopic (exact) mass is 215 g/mol. The van der Waals surface area contributed by atoms with Crippen LogP contribution in [0.25, 0.3) is 6.08 Å². The smallest absolute Gasteiger partial charge is 0.209 e. The van der Waals surface area contributed by atoms with Gasteiger partial charge in [0.1, 0.15) is 0 Å². The van der Waals surface area contributed by atoms with Crippen molar-refractivity contribution in [2.24, 2.45) is 0 Å². The lowest BCUT2D eigenvalue weighted by Crippen LogP contribution is -2.29. The Bertz CT molecular complexity index is 382. The number of rotatable bonds is 2. The molecule has 0 saturated carbocycles. The minimum absolute atomic E-state index is 0.862. The van der Waals surface area contributed by atoms with Gasteiger partial charge < -0.3 is 4.90 Å². The van der Waals surface area contributed by atoms with E-state index in [1.54, 1.807) is 0 Å². The minimum Gasteiger partial charge on any atom is -0.345 e. The van der Waals surface area contributed by atoms with Gasteiger partial charge in [0.25, 0.3) is 0 Å².